The van der Waals surface area contributed by atoms with Crippen LogP contribution in [0.15, 0.2) is 0 Å². The maximum Gasteiger partial charge on any atom is 0.298 e. The molecule has 1 aliphatic carbocycles. The lowest BCUT2D eigenvalue weighted by molar-refractivity contribution is -0.143. The zero-order valence-electron chi connectivity index (χ0n) is 7.88. The molecule has 1 saturated carbocycles. The molecule has 13 heavy (non-hydrogen) atoms. The maximum atomic E-state index is 11.4. The first kappa shape index (κ1) is 8.62. The summed E-state index contributed by atoms with van der Waals surface area (Å²) in [5, 5.41) is 0. The van der Waals surface area contributed by atoms with Crippen molar-refractivity contribution in [1.29, 1.82) is 0 Å². The van der Waals surface area contributed by atoms with Gasteiger partial charge in [-0.2, -0.15) is 0 Å². The van der Waals surface area contributed by atoms with Crippen LogP contribution in [0.4, 0.5) is 0 Å². The molecule has 1 amide bonds. The van der Waals surface area contributed by atoms with Crippen molar-refractivity contribution in [3.8, 4) is 12.3 Å². The largest absolute Gasteiger partial charge is 0.326 e. The molecule has 2 fully saturated rings. The van der Waals surface area contributed by atoms with E-state index in [2.05, 4.69) is 5.92 Å². The maximum absolute atomic E-state index is 11.4. The average Bonchev–Trinajstić information content (AvgIpc) is 2.17. The van der Waals surface area contributed by atoms with E-state index >= 15 is 0 Å². The van der Waals surface area contributed by atoms with Crippen LogP contribution in [0.1, 0.15) is 38.5 Å². The Morgan fingerprint density at radius 3 is 2.38 bits per heavy atom. The molecule has 1 aliphatic heterocycles. The van der Waals surface area contributed by atoms with Crippen molar-refractivity contribution in [3.63, 3.8) is 0 Å². The molecule has 70 valence electrons. The van der Waals surface area contributed by atoms with Gasteiger partial charge in [0.15, 0.2) is 0 Å². The monoisotopic (exact) mass is 177 g/mol. The fourth-order valence-electron chi connectivity index (χ4n) is 2.66. The van der Waals surface area contributed by atoms with Crippen LogP contribution >= 0.6 is 0 Å². The predicted octanol–water partition coefficient (Wildman–Crippen LogP) is 1.55. The predicted molar refractivity (Wildman–Crippen MR) is 51.0 cm³/mol. The van der Waals surface area contributed by atoms with Crippen LogP contribution in [0.2, 0.25) is 0 Å². The summed E-state index contributed by atoms with van der Waals surface area (Å²) in [5.41, 5.74) is 0.182. The molecule has 2 nitrogen and oxygen atoms in total. The van der Waals surface area contributed by atoms with Gasteiger partial charge in [-0.05, 0) is 25.2 Å². The first-order valence-electron chi connectivity index (χ1n) is 5.07. The molecule has 0 aromatic rings. The van der Waals surface area contributed by atoms with E-state index < -0.39 is 0 Å². The summed E-state index contributed by atoms with van der Waals surface area (Å²) in [7, 11) is 0. The lowest BCUT2D eigenvalue weighted by atomic mass is 9.72. The smallest absolute Gasteiger partial charge is 0.298 e. The molecule has 1 heterocycles. The number of hydrogen-bond acceptors (Lipinski definition) is 1. The number of nitrogens with zero attached hydrogens (tertiary/aromatic N) is 1. The summed E-state index contributed by atoms with van der Waals surface area (Å²) in [6, 6.07) is 0. The fraction of sp³-hybridized carbons (Fsp3) is 0.727. The second-order valence-corrected chi connectivity index (χ2v) is 4.14. The Bertz CT molecular complexity index is 258. The van der Waals surface area contributed by atoms with Gasteiger partial charge in [0, 0.05) is 12.1 Å². The molecular formula is C11H15NO. The minimum Gasteiger partial charge on any atom is -0.326 e. The number of carbonyl (C=O) groups excluding carboxylic acids is 1. The van der Waals surface area contributed by atoms with Crippen LogP contribution in [0.5, 0.6) is 0 Å². The van der Waals surface area contributed by atoms with Crippen molar-refractivity contribution in [2.75, 3.05) is 6.54 Å². The zero-order chi connectivity index (χ0) is 9.31. The molecule has 0 aromatic heterocycles. The van der Waals surface area contributed by atoms with Crippen molar-refractivity contribution < 1.29 is 4.79 Å². The quantitative estimate of drug-likeness (QED) is 0.514. The van der Waals surface area contributed by atoms with Crippen LogP contribution in [0.25, 0.3) is 0 Å². The van der Waals surface area contributed by atoms with E-state index in [1.165, 1.54) is 38.5 Å². The second kappa shape index (κ2) is 3.06. The van der Waals surface area contributed by atoms with Crippen molar-refractivity contribution in [2.24, 2.45) is 0 Å². The van der Waals surface area contributed by atoms with E-state index in [9.17, 15) is 4.79 Å². The summed E-state index contributed by atoms with van der Waals surface area (Å²) < 4.78 is 0. The summed E-state index contributed by atoms with van der Waals surface area (Å²) in [6.07, 6.45) is 12.5. The van der Waals surface area contributed by atoms with Gasteiger partial charge in [0.2, 0.25) is 0 Å². The minimum absolute atomic E-state index is 0.104. The van der Waals surface area contributed by atoms with E-state index in [1.807, 2.05) is 4.90 Å². The molecule has 0 radical (unpaired) electrons. The second-order valence-electron chi connectivity index (χ2n) is 4.14. The highest BCUT2D eigenvalue weighted by molar-refractivity contribution is 5.94. The Balaban J connectivity index is 2.07. The number of likely N-dealkylation sites (tertiary alicyclic amines) is 1. The van der Waals surface area contributed by atoms with E-state index in [4.69, 9.17) is 6.42 Å². The Hall–Kier alpha value is -0.970. The molecule has 0 aromatic carbocycles. The highest BCUT2D eigenvalue weighted by atomic mass is 16.2. The van der Waals surface area contributed by atoms with E-state index in [0.717, 1.165) is 6.54 Å². The third kappa shape index (κ3) is 1.23. The Labute approximate surface area is 79.3 Å². The highest BCUT2D eigenvalue weighted by Gasteiger charge is 2.46. The molecule has 1 spiro atoms. The topological polar surface area (TPSA) is 20.3 Å². The number of rotatable bonds is 0. The SMILES string of the molecule is C#CC(=O)N1CCC12CCCCC2. The minimum atomic E-state index is -0.104. The number of amides is 1. The molecule has 0 atom stereocenters. The summed E-state index contributed by atoms with van der Waals surface area (Å²) in [5.74, 6) is 2.12. The summed E-state index contributed by atoms with van der Waals surface area (Å²) >= 11 is 0. The summed E-state index contributed by atoms with van der Waals surface area (Å²) in [4.78, 5) is 13.3. The molecule has 1 saturated heterocycles. The molecular weight excluding hydrogens is 162 g/mol. The first-order valence-corrected chi connectivity index (χ1v) is 5.07. The van der Waals surface area contributed by atoms with E-state index in [1.54, 1.807) is 0 Å². The van der Waals surface area contributed by atoms with Crippen LogP contribution in [-0.2, 0) is 4.79 Å². The van der Waals surface area contributed by atoms with Gasteiger partial charge in [0.1, 0.15) is 0 Å². The molecule has 2 heteroatoms. The molecule has 2 rings (SSSR count). The lowest BCUT2D eigenvalue weighted by Crippen LogP contribution is -2.62. The van der Waals surface area contributed by atoms with Crippen LogP contribution in [-0.4, -0.2) is 22.9 Å². The van der Waals surface area contributed by atoms with E-state index in [0.29, 0.717) is 0 Å². The zero-order valence-corrected chi connectivity index (χ0v) is 7.88. The van der Waals surface area contributed by atoms with Gasteiger partial charge in [-0.25, -0.2) is 0 Å². The van der Waals surface area contributed by atoms with Crippen molar-refractivity contribution in [2.45, 2.75) is 44.1 Å². The van der Waals surface area contributed by atoms with Crippen LogP contribution in [0.3, 0.4) is 0 Å². The Kier molecular flexibility index (Phi) is 2.03. The third-order valence-electron chi connectivity index (χ3n) is 3.53. The van der Waals surface area contributed by atoms with Crippen LogP contribution < -0.4 is 0 Å². The fourth-order valence-corrected chi connectivity index (χ4v) is 2.66. The van der Waals surface area contributed by atoms with E-state index in [-0.39, 0.29) is 11.4 Å². The Morgan fingerprint density at radius 1 is 1.23 bits per heavy atom. The van der Waals surface area contributed by atoms with Crippen LogP contribution in [0, 0.1) is 12.3 Å². The number of carbonyl (C=O) groups is 1. The highest BCUT2D eigenvalue weighted by Crippen LogP contribution is 2.42. The molecule has 2 aliphatic rings. The third-order valence-corrected chi connectivity index (χ3v) is 3.53. The molecule has 0 unspecified atom stereocenters. The lowest BCUT2D eigenvalue weighted by Gasteiger charge is -2.54. The van der Waals surface area contributed by atoms with Gasteiger partial charge in [0.05, 0.1) is 0 Å². The van der Waals surface area contributed by atoms with Gasteiger partial charge < -0.3 is 4.90 Å². The standard InChI is InChI=1S/C11H15NO/c1-2-10(13)12-9-8-11(12)6-4-3-5-7-11/h1H,3-9H2. The van der Waals surface area contributed by atoms with Crippen molar-refractivity contribution >= 4 is 5.91 Å². The Morgan fingerprint density at radius 2 is 1.92 bits per heavy atom. The number of hydrogen-bond donors (Lipinski definition) is 0. The molecule has 0 bridgehead atoms. The van der Waals surface area contributed by atoms with Crippen molar-refractivity contribution in [1.82, 2.24) is 4.90 Å². The van der Waals surface area contributed by atoms with Gasteiger partial charge >= 0.3 is 0 Å². The molecule has 0 N–H and O–H groups in total. The normalized spacial score (nSPS) is 25.0. The first-order chi connectivity index (χ1) is 6.28. The number of terminal acetylenes is 1. The average molecular weight is 177 g/mol. The van der Waals surface area contributed by atoms with Crippen molar-refractivity contribution in [3.05, 3.63) is 0 Å². The van der Waals surface area contributed by atoms with Gasteiger partial charge in [-0.15, -0.1) is 6.42 Å². The van der Waals surface area contributed by atoms with Gasteiger partial charge in [-0.1, -0.05) is 19.3 Å². The van der Waals surface area contributed by atoms with Gasteiger partial charge in [-0.3, -0.25) is 4.79 Å². The summed E-state index contributed by atoms with van der Waals surface area (Å²) in [6.45, 7) is 0.878. The van der Waals surface area contributed by atoms with Gasteiger partial charge in [0.25, 0.3) is 5.91 Å².